The van der Waals surface area contributed by atoms with Gasteiger partial charge in [0, 0.05) is 49.7 Å². The molecule has 1 saturated heterocycles. The molecule has 34 heavy (non-hydrogen) atoms. The van der Waals surface area contributed by atoms with Gasteiger partial charge >= 0.3 is 12.1 Å². The molecule has 2 heterocycles. The van der Waals surface area contributed by atoms with Crippen LogP contribution in [0.1, 0.15) is 34.8 Å². The Hall–Kier alpha value is -3.43. The van der Waals surface area contributed by atoms with Gasteiger partial charge in [-0.25, -0.2) is 4.39 Å². The van der Waals surface area contributed by atoms with Crippen molar-refractivity contribution in [3.8, 4) is 0 Å². The number of piperazine rings is 1. The van der Waals surface area contributed by atoms with Crippen LogP contribution in [0.2, 0.25) is 0 Å². The number of halogens is 4. The van der Waals surface area contributed by atoms with E-state index in [9.17, 15) is 27.2 Å². The second-order valence-corrected chi connectivity index (χ2v) is 8.33. The number of rotatable bonds is 4. The van der Waals surface area contributed by atoms with E-state index >= 15 is 0 Å². The molecule has 0 unspecified atom stereocenters. The summed E-state index contributed by atoms with van der Waals surface area (Å²) < 4.78 is 53.4. The Labute approximate surface area is 194 Å². The van der Waals surface area contributed by atoms with Crippen LogP contribution >= 0.6 is 0 Å². The molecule has 2 aromatic rings. The first kappa shape index (κ1) is 23.7. The molecule has 180 valence electrons. The number of hydrogen-bond acceptors (Lipinski definition) is 4. The van der Waals surface area contributed by atoms with Gasteiger partial charge in [0.2, 0.25) is 0 Å². The Kier molecular flexibility index (Phi) is 6.58. The van der Waals surface area contributed by atoms with E-state index in [0.29, 0.717) is 18.8 Å². The molecule has 0 aromatic heterocycles. The molecule has 0 N–H and O–H groups in total. The highest BCUT2D eigenvalue weighted by atomic mass is 19.4. The zero-order valence-corrected chi connectivity index (χ0v) is 18.6. The molecular weight excluding hydrogens is 452 g/mol. The first-order valence-corrected chi connectivity index (χ1v) is 11.0. The third-order valence-electron chi connectivity index (χ3n) is 6.14. The lowest BCUT2D eigenvalue weighted by molar-refractivity contribution is -0.189. The van der Waals surface area contributed by atoms with E-state index in [-0.39, 0.29) is 31.6 Å². The van der Waals surface area contributed by atoms with E-state index in [2.05, 4.69) is 4.99 Å². The monoisotopic (exact) mass is 476 g/mol. The smallest absolute Gasteiger partial charge is 0.347 e. The summed E-state index contributed by atoms with van der Waals surface area (Å²) in [4.78, 5) is 33.3. The van der Waals surface area contributed by atoms with Crippen LogP contribution in [0.4, 0.5) is 23.2 Å². The molecule has 0 saturated carbocycles. The van der Waals surface area contributed by atoms with Crippen molar-refractivity contribution in [1.82, 2.24) is 9.80 Å². The van der Waals surface area contributed by atoms with Crippen molar-refractivity contribution in [2.24, 2.45) is 4.99 Å². The Morgan fingerprint density at radius 3 is 2.62 bits per heavy atom. The predicted octanol–water partition coefficient (Wildman–Crippen LogP) is 3.85. The molecule has 2 amide bonds. The topological polar surface area (TPSA) is 56.2 Å². The third-order valence-corrected chi connectivity index (χ3v) is 6.14. The highest BCUT2D eigenvalue weighted by Crippen LogP contribution is 2.26. The fourth-order valence-corrected chi connectivity index (χ4v) is 4.38. The summed E-state index contributed by atoms with van der Waals surface area (Å²) in [6.07, 6.45) is -2.95. The maximum Gasteiger partial charge on any atom is 0.471 e. The van der Waals surface area contributed by atoms with Crippen LogP contribution in [0.25, 0.3) is 0 Å². The third kappa shape index (κ3) is 4.76. The van der Waals surface area contributed by atoms with Crippen LogP contribution in [-0.4, -0.2) is 66.3 Å². The largest absolute Gasteiger partial charge is 0.471 e. The van der Waals surface area contributed by atoms with Gasteiger partial charge in [0.25, 0.3) is 5.91 Å². The summed E-state index contributed by atoms with van der Waals surface area (Å²) in [6, 6.07) is 11.2. The Morgan fingerprint density at radius 1 is 1.12 bits per heavy atom. The van der Waals surface area contributed by atoms with Gasteiger partial charge in [-0.2, -0.15) is 13.2 Å². The van der Waals surface area contributed by atoms with Crippen molar-refractivity contribution in [2.45, 2.75) is 32.1 Å². The van der Waals surface area contributed by atoms with Gasteiger partial charge in [-0.05, 0) is 30.2 Å². The number of amides is 2. The van der Waals surface area contributed by atoms with Crippen molar-refractivity contribution < 1.29 is 27.2 Å². The van der Waals surface area contributed by atoms with Gasteiger partial charge in [0.1, 0.15) is 12.5 Å². The van der Waals surface area contributed by atoms with Crippen LogP contribution in [0, 0.1) is 5.82 Å². The van der Waals surface area contributed by atoms with E-state index < -0.39 is 29.8 Å². The average molecular weight is 476 g/mol. The standard InChI is InChI=1S/C24H24F4N4O2/c1-2-18-14-30(9-10-32(18)23(34)24(26,27)28)22(33)19-11-16(7-8-20(19)25)13-31-15-29-12-17-5-3-4-6-21(17)31/h3-8,11-12,18H,2,9-10,13-15H2,1H3/t18-/m1/s1. The van der Waals surface area contributed by atoms with Gasteiger partial charge in [0.05, 0.1) is 5.56 Å². The summed E-state index contributed by atoms with van der Waals surface area (Å²) in [5, 5.41) is 0. The maximum atomic E-state index is 14.6. The second-order valence-electron chi connectivity index (χ2n) is 8.33. The van der Waals surface area contributed by atoms with Gasteiger partial charge < -0.3 is 14.7 Å². The van der Waals surface area contributed by atoms with E-state index in [0.717, 1.165) is 16.2 Å². The Morgan fingerprint density at radius 2 is 1.88 bits per heavy atom. The molecule has 0 radical (unpaired) electrons. The average Bonchev–Trinajstić information content (AvgIpc) is 2.83. The quantitative estimate of drug-likeness (QED) is 0.630. The van der Waals surface area contributed by atoms with Crippen LogP contribution in [0.3, 0.4) is 0 Å². The lowest BCUT2D eigenvalue weighted by Gasteiger charge is -2.41. The van der Waals surface area contributed by atoms with E-state index in [4.69, 9.17) is 0 Å². The van der Waals surface area contributed by atoms with E-state index in [1.165, 1.54) is 17.0 Å². The van der Waals surface area contributed by atoms with E-state index in [1.54, 1.807) is 19.2 Å². The molecule has 1 atom stereocenters. The van der Waals surface area contributed by atoms with Crippen molar-refractivity contribution >= 4 is 23.7 Å². The minimum Gasteiger partial charge on any atom is -0.347 e. The normalized spacial score (nSPS) is 18.1. The number of fused-ring (bicyclic) bond motifs is 1. The summed E-state index contributed by atoms with van der Waals surface area (Å²) in [5.41, 5.74) is 2.50. The summed E-state index contributed by atoms with van der Waals surface area (Å²) in [7, 11) is 0. The highest BCUT2D eigenvalue weighted by molar-refractivity contribution is 5.95. The van der Waals surface area contributed by atoms with Gasteiger partial charge in [-0.15, -0.1) is 0 Å². The molecule has 0 spiro atoms. The number of para-hydroxylation sites is 1. The Balaban J connectivity index is 1.51. The van der Waals surface area contributed by atoms with Gasteiger partial charge in [-0.3, -0.25) is 14.6 Å². The van der Waals surface area contributed by atoms with Gasteiger partial charge in [0.15, 0.2) is 0 Å². The molecule has 2 aliphatic heterocycles. The molecule has 0 bridgehead atoms. The maximum absolute atomic E-state index is 14.6. The molecular formula is C24H24F4N4O2. The van der Waals surface area contributed by atoms with E-state index in [1.807, 2.05) is 29.2 Å². The number of carbonyl (C=O) groups excluding carboxylic acids is 2. The fraction of sp³-hybridized carbons (Fsp3) is 0.375. The van der Waals surface area contributed by atoms with Crippen molar-refractivity contribution in [3.05, 3.63) is 65.0 Å². The Bertz CT molecular complexity index is 1120. The van der Waals surface area contributed by atoms with Crippen LogP contribution in [0.5, 0.6) is 0 Å². The molecule has 0 aliphatic carbocycles. The SMILES string of the molecule is CC[C@@H]1CN(C(=O)c2cc(CN3CN=Cc4ccccc43)ccc2F)CCN1C(=O)C(F)(F)F. The number of anilines is 1. The molecule has 2 aliphatic rings. The molecule has 10 heteroatoms. The van der Waals surface area contributed by atoms with Gasteiger partial charge in [-0.1, -0.05) is 31.2 Å². The van der Waals surface area contributed by atoms with Crippen molar-refractivity contribution in [3.63, 3.8) is 0 Å². The molecule has 6 nitrogen and oxygen atoms in total. The van der Waals surface area contributed by atoms with Crippen LogP contribution in [-0.2, 0) is 11.3 Å². The van der Waals surface area contributed by atoms with Crippen molar-refractivity contribution in [2.75, 3.05) is 31.2 Å². The van der Waals surface area contributed by atoms with Crippen LogP contribution in [0.15, 0.2) is 47.5 Å². The summed E-state index contributed by atoms with van der Waals surface area (Å²) >= 11 is 0. The lowest BCUT2D eigenvalue weighted by Crippen LogP contribution is -2.59. The zero-order valence-electron chi connectivity index (χ0n) is 18.6. The van der Waals surface area contributed by atoms with Crippen LogP contribution < -0.4 is 4.90 Å². The minimum atomic E-state index is -4.98. The zero-order chi connectivity index (χ0) is 24.5. The number of carbonyl (C=O) groups is 2. The number of aliphatic imine (C=N–C) groups is 1. The fourth-order valence-electron chi connectivity index (χ4n) is 4.38. The first-order valence-electron chi connectivity index (χ1n) is 11.0. The molecule has 1 fully saturated rings. The summed E-state index contributed by atoms with van der Waals surface area (Å²) in [6.45, 7) is 2.03. The van der Waals surface area contributed by atoms with Crippen molar-refractivity contribution in [1.29, 1.82) is 0 Å². The first-order chi connectivity index (χ1) is 16.2. The lowest BCUT2D eigenvalue weighted by atomic mass is 10.0. The molecule has 4 rings (SSSR count). The summed E-state index contributed by atoms with van der Waals surface area (Å²) in [5.74, 6) is -3.22. The highest BCUT2D eigenvalue weighted by Gasteiger charge is 2.46. The number of benzene rings is 2. The minimum absolute atomic E-state index is 0.0883. The number of nitrogens with zero attached hydrogens (tertiary/aromatic N) is 4. The second kappa shape index (κ2) is 9.44. The molecule has 2 aromatic carbocycles. The number of alkyl halides is 3. The predicted molar refractivity (Wildman–Crippen MR) is 119 cm³/mol. The number of hydrogen-bond donors (Lipinski definition) is 0.